The average Bonchev–Trinajstić information content (AvgIpc) is 2.88. The molecule has 0 bridgehead atoms. The molecular weight excluding hydrogens is 269 g/mol. The Kier molecular flexibility index (Phi) is 2.79. The van der Waals surface area contributed by atoms with E-state index in [2.05, 4.69) is 25.5 Å². The van der Waals surface area contributed by atoms with Crippen LogP contribution in [0, 0.1) is 5.82 Å². The van der Waals surface area contributed by atoms with Crippen LogP contribution in [-0.4, -0.2) is 27.2 Å². The molecule has 2 N–H and O–H groups in total. The smallest absolute Gasteiger partial charge is 0.225 e. The molecule has 3 rings (SSSR count). The molecule has 0 aliphatic rings. The fraction of sp³-hybridized carbons (Fsp3) is 0.0833. The fourth-order valence-electron chi connectivity index (χ4n) is 1.83. The maximum absolute atomic E-state index is 13.4. The Balaban J connectivity index is 2.34. The minimum Gasteiger partial charge on any atom is -0.357 e. The summed E-state index contributed by atoms with van der Waals surface area (Å²) < 4.78 is 13.4. The number of nitrogens with one attached hydrogen (secondary N) is 2. The van der Waals surface area contributed by atoms with Crippen molar-refractivity contribution in [3.05, 3.63) is 35.2 Å². The number of anilines is 1. The van der Waals surface area contributed by atoms with Gasteiger partial charge in [0.1, 0.15) is 5.82 Å². The topological polar surface area (TPSA) is 66.5 Å². The Morgan fingerprint density at radius 3 is 2.95 bits per heavy atom. The van der Waals surface area contributed by atoms with E-state index in [0.29, 0.717) is 33.3 Å². The zero-order chi connectivity index (χ0) is 13.4. The summed E-state index contributed by atoms with van der Waals surface area (Å²) in [5.41, 5.74) is 1.61. The fourth-order valence-corrected chi connectivity index (χ4v) is 2.04. The van der Waals surface area contributed by atoms with Crippen molar-refractivity contribution in [2.45, 2.75) is 0 Å². The molecule has 96 valence electrons. The number of fused-ring (bicyclic) bond motifs is 1. The Labute approximate surface area is 112 Å². The van der Waals surface area contributed by atoms with Crippen LogP contribution in [0.25, 0.3) is 22.3 Å². The zero-order valence-electron chi connectivity index (χ0n) is 9.91. The van der Waals surface area contributed by atoms with E-state index >= 15 is 0 Å². The van der Waals surface area contributed by atoms with Crippen LogP contribution in [0.15, 0.2) is 24.4 Å². The van der Waals surface area contributed by atoms with Gasteiger partial charge in [0.05, 0.1) is 22.3 Å². The van der Waals surface area contributed by atoms with Gasteiger partial charge >= 0.3 is 0 Å². The molecule has 0 aliphatic carbocycles. The first kappa shape index (κ1) is 11.9. The van der Waals surface area contributed by atoms with Gasteiger partial charge in [-0.1, -0.05) is 11.6 Å². The second-order valence-corrected chi connectivity index (χ2v) is 4.31. The SMILES string of the molecule is CNc1nc(-c2cc(F)ccc2Cl)c2cn[nH]c2n1. The number of aromatic amines is 1. The van der Waals surface area contributed by atoms with E-state index in [9.17, 15) is 4.39 Å². The molecule has 1 aromatic carbocycles. The highest BCUT2D eigenvalue weighted by atomic mass is 35.5. The minimum atomic E-state index is -0.374. The van der Waals surface area contributed by atoms with Crippen molar-refractivity contribution in [2.24, 2.45) is 0 Å². The number of H-pyrrole nitrogens is 1. The van der Waals surface area contributed by atoms with Crippen LogP contribution in [0.3, 0.4) is 0 Å². The van der Waals surface area contributed by atoms with Crippen molar-refractivity contribution in [2.75, 3.05) is 12.4 Å². The third-order valence-electron chi connectivity index (χ3n) is 2.72. The van der Waals surface area contributed by atoms with Crippen LogP contribution in [0.5, 0.6) is 0 Å². The van der Waals surface area contributed by atoms with Crippen molar-refractivity contribution in [1.82, 2.24) is 20.2 Å². The summed E-state index contributed by atoms with van der Waals surface area (Å²) in [5.74, 6) is 0.0349. The molecule has 0 aliphatic heterocycles. The van der Waals surface area contributed by atoms with Gasteiger partial charge in [-0.3, -0.25) is 5.10 Å². The van der Waals surface area contributed by atoms with Crippen molar-refractivity contribution < 1.29 is 4.39 Å². The second kappa shape index (κ2) is 4.47. The van der Waals surface area contributed by atoms with Crippen molar-refractivity contribution >= 4 is 28.6 Å². The molecule has 0 amide bonds. The molecular formula is C12H9ClFN5. The third-order valence-corrected chi connectivity index (χ3v) is 3.05. The predicted octanol–water partition coefficient (Wildman–Crippen LogP) is 2.85. The van der Waals surface area contributed by atoms with Gasteiger partial charge in [0, 0.05) is 12.6 Å². The van der Waals surface area contributed by atoms with E-state index in [1.54, 1.807) is 13.2 Å². The Morgan fingerprint density at radius 1 is 1.32 bits per heavy atom. The normalized spacial score (nSPS) is 10.9. The summed E-state index contributed by atoms with van der Waals surface area (Å²) in [5, 5.41) is 10.6. The standard InChI is InChI=1S/C12H9ClFN5/c1-15-12-17-10(8-5-16-19-11(8)18-12)7-4-6(14)2-3-9(7)13/h2-5H,1H3,(H2,15,16,17,18,19). The molecule has 0 fully saturated rings. The molecule has 3 aromatic rings. The van der Waals surface area contributed by atoms with Crippen LogP contribution >= 0.6 is 11.6 Å². The summed E-state index contributed by atoms with van der Waals surface area (Å²) in [6.07, 6.45) is 1.59. The lowest BCUT2D eigenvalue weighted by molar-refractivity contribution is 0.628. The summed E-state index contributed by atoms with van der Waals surface area (Å²) in [6.45, 7) is 0. The zero-order valence-corrected chi connectivity index (χ0v) is 10.7. The first-order chi connectivity index (χ1) is 9.19. The van der Waals surface area contributed by atoms with Gasteiger partial charge in [-0.15, -0.1) is 0 Å². The van der Waals surface area contributed by atoms with Crippen molar-refractivity contribution in [3.8, 4) is 11.3 Å². The molecule has 0 radical (unpaired) electrons. The van der Waals surface area contributed by atoms with Gasteiger partial charge in [0.2, 0.25) is 5.95 Å². The van der Waals surface area contributed by atoms with Gasteiger partial charge in [0.15, 0.2) is 5.65 Å². The third kappa shape index (κ3) is 2.00. The summed E-state index contributed by atoms with van der Waals surface area (Å²) in [7, 11) is 1.70. The molecule has 2 aromatic heterocycles. The highest BCUT2D eigenvalue weighted by molar-refractivity contribution is 6.33. The minimum absolute atomic E-state index is 0.374. The van der Waals surface area contributed by atoms with E-state index in [-0.39, 0.29) is 5.82 Å². The molecule has 0 atom stereocenters. The Hall–Kier alpha value is -2.21. The van der Waals surface area contributed by atoms with Crippen LogP contribution in [0.1, 0.15) is 0 Å². The van der Waals surface area contributed by atoms with Gasteiger partial charge in [-0.2, -0.15) is 10.1 Å². The molecule has 0 spiro atoms. The number of benzene rings is 1. The Morgan fingerprint density at radius 2 is 2.16 bits per heavy atom. The second-order valence-electron chi connectivity index (χ2n) is 3.90. The van der Waals surface area contributed by atoms with Crippen LogP contribution in [-0.2, 0) is 0 Å². The predicted molar refractivity (Wildman–Crippen MR) is 71.6 cm³/mol. The van der Waals surface area contributed by atoms with E-state index in [1.807, 2.05) is 0 Å². The van der Waals surface area contributed by atoms with Crippen molar-refractivity contribution in [3.63, 3.8) is 0 Å². The summed E-state index contributed by atoms with van der Waals surface area (Å²) in [6, 6.07) is 4.15. The molecule has 7 heteroatoms. The number of rotatable bonds is 2. The lowest BCUT2D eigenvalue weighted by Gasteiger charge is -2.07. The largest absolute Gasteiger partial charge is 0.357 e. The molecule has 19 heavy (non-hydrogen) atoms. The van der Waals surface area contributed by atoms with E-state index in [1.165, 1.54) is 18.2 Å². The van der Waals surface area contributed by atoms with E-state index in [0.717, 1.165) is 0 Å². The molecule has 2 heterocycles. The first-order valence-corrected chi connectivity index (χ1v) is 5.91. The molecule has 0 unspecified atom stereocenters. The lowest BCUT2D eigenvalue weighted by atomic mass is 10.1. The average molecular weight is 278 g/mol. The van der Waals surface area contributed by atoms with Crippen LogP contribution < -0.4 is 5.32 Å². The van der Waals surface area contributed by atoms with Gasteiger partial charge in [-0.05, 0) is 18.2 Å². The van der Waals surface area contributed by atoms with Gasteiger partial charge < -0.3 is 5.32 Å². The molecule has 0 saturated carbocycles. The maximum Gasteiger partial charge on any atom is 0.225 e. The highest BCUT2D eigenvalue weighted by Crippen LogP contribution is 2.32. The lowest BCUT2D eigenvalue weighted by Crippen LogP contribution is -1.99. The van der Waals surface area contributed by atoms with Gasteiger partial charge in [-0.25, -0.2) is 9.37 Å². The maximum atomic E-state index is 13.4. The number of hydrogen-bond donors (Lipinski definition) is 2. The van der Waals surface area contributed by atoms with Crippen molar-refractivity contribution in [1.29, 1.82) is 0 Å². The highest BCUT2D eigenvalue weighted by Gasteiger charge is 2.14. The van der Waals surface area contributed by atoms with E-state index < -0.39 is 0 Å². The number of halogens is 2. The first-order valence-electron chi connectivity index (χ1n) is 5.53. The number of nitrogens with zero attached hydrogens (tertiary/aromatic N) is 3. The molecule has 0 saturated heterocycles. The molecule has 5 nitrogen and oxygen atoms in total. The van der Waals surface area contributed by atoms with Gasteiger partial charge in [0.25, 0.3) is 0 Å². The van der Waals surface area contributed by atoms with E-state index in [4.69, 9.17) is 11.6 Å². The number of hydrogen-bond acceptors (Lipinski definition) is 4. The quantitative estimate of drug-likeness (QED) is 0.756. The van der Waals surface area contributed by atoms with Crippen LogP contribution in [0.4, 0.5) is 10.3 Å². The monoisotopic (exact) mass is 277 g/mol. The summed E-state index contributed by atoms with van der Waals surface area (Å²) >= 11 is 6.12. The Bertz CT molecular complexity index is 755. The number of aromatic nitrogens is 4. The summed E-state index contributed by atoms with van der Waals surface area (Å²) in [4.78, 5) is 8.55. The van der Waals surface area contributed by atoms with Crippen LogP contribution in [0.2, 0.25) is 5.02 Å².